The highest BCUT2D eigenvalue weighted by Gasteiger charge is 2.25. The average Bonchev–Trinajstić information content (AvgIpc) is 2.77. The molecule has 0 spiro atoms. The molecule has 6 heteroatoms. The number of nitrogens with zero attached hydrogens (tertiary/aromatic N) is 2. The fourth-order valence-corrected chi connectivity index (χ4v) is 4.00. The lowest BCUT2D eigenvalue weighted by Crippen LogP contribution is -2.47. The first-order valence-corrected chi connectivity index (χ1v) is 12.0. The van der Waals surface area contributed by atoms with E-state index in [0.29, 0.717) is 30.1 Å². The lowest BCUT2D eigenvalue weighted by atomic mass is 9.80. The Morgan fingerprint density at radius 2 is 1.56 bits per heavy atom. The van der Waals surface area contributed by atoms with Crippen LogP contribution in [-0.2, 0) is 15.6 Å². The van der Waals surface area contributed by atoms with Crippen LogP contribution in [0.15, 0.2) is 42.5 Å². The maximum absolute atomic E-state index is 13.1. The maximum Gasteiger partial charge on any atom is 0.262 e. The van der Waals surface area contributed by atoms with Crippen LogP contribution in [0.25, 0.3) is 0 Å². The minimum atomic E-state index is -0.293. The summed E-state index contributed by atoms with van der Waals surface area (Å²) < 4.78 is 5.98. The second-order valence-corrected chi connectivity index (χ2v) is 11.2. The molecule has 0 aromatic heterocycles. The molecule has 0 radical (unpaired) electrons. The second kappa shape index (κ2) is 10.2. The van der Waals surface area contributed by atoms with Crippen LogP contribution >= 0.6 is 0 Å². The van der Waals surface area contributed by atoms with Gasteiger partial charge in [-0.2, -0.15) is 0 Å². The summed E-state index contributed by atoms with van der Waals surface area (Å²) in [5, 5.41) is 2.88. The van der Waals surface area contributed by atoms with Gasteiger partial charge in [-0.25, -0.2) is 0 Å². The van der Waals surface area contributed by atoms with Crippen molar-refractivity contribution in [3.63, 3.8) is 0 Å². The topological polar surface area (TPSA) is 61.9 Å². The van der Waals surface area contributed by atoms with Crippen LogP contribution in [0.5, 0.6) is 5.75 Å². The number of likely N-dealkylation sites (N-methyl/N-ethyl adjacent to an activating group) is 1. The van der Waals surface area contributed by atoms with Crippen molar-refractivity contribution < 1.29 is 14.3 Å². The molecule has 0 atom stereocenters. The van der Waals surface area contributed by atoms with E-state index in [0.717, 1.165) is 18.7 Å². The van der Waals surface area contributed by atoms with E-state index in [1.165, 1.54) is 5.56 Å². The number of nitrogens with one attached hydrogen (secondary N) is 1. The van der Waals surface area contributed by atoms with E-state index in [1.54, 1.807) is 12.1 Å². The van der Waals surface area contributed by atoms with Crippen molar-refractivity contribution in [1.29, 1.82) is 0 Å². The van der Waals surface area contributed by atoms with Gasteiger partial charge in [-0.15, -0.1) is 0 Å². The van der Waals surface area contributed by atoms with Gasteiger partial charge in [0.25, 0.3) is 11.8 Å². The smallest absolute Gasteiger partial charge is 0.262 e. The van der Waals surface area contributed by atoms with E-state index in [4.69, 9.17) is 4.74 Å². The van der Waals surface area contributed by atoms with Gasteiger partial charge in [0.1, 0.15) is 5.75 Å². The summed E-state index contributed by atoms with van der Waals surface area (Å²) in [7, 11) is 2.05. The molecule has 6 nitrogen and oxygen atoms in total. The molecular formula is C28H39N3O3. The molecule has 3 rings (SSSR count). The van der Waals surface area contributed by atoms with Gasteiger partial charge >= 0.3 is 0 Å². The fourth-order valence-electron chi connectivity index (χ4n) is 4.00. The number of para-hydroxylation sites is 1. The number of amides is 2. The molecule has 0 unspecified atom stereocenters. The van der Waals surface area contributed by atoms with Gasteiger partial charge in [0.2, 0.25) is 0 Å². The zero-order chi connectivity index (χ0) is 25.1. The first kappa shape index (κ1) is 25.8. The van der Waals surface area contributed by atoms with E-state index in [1.807, 2.05) is 23.1 Å². The summed E-state index contributed by atoms with van der Waals surface area (Å²) in [4.78, 5) is 29.9. The molecule has 0 bridgehead atoms. The van der Waals surface area contributed by atoms with Gasteiger partial charge in [-0.1, -0.05) is 65.8 Å². The van der Waals surface area contributed by atoms with Crippen LogP contribution in [0.4, 0.5) is 5.69 Å². The normalized spacial score (nSPS) is 15.2. The molecular weight excluding hydrogens is 426 g/mol. The number of hydrogen-bond acceptors (Lipinski definition) is 4. The van der Waals surface area contributed by atoms with Crippen molar-refractivity contribution in [2.24, 2.45) is 0 Å². The Morgan fingerprint density at radius 1 is 0.912 bits per heavy atom. The number of hydrogen-bond donors (Lipinski definition) is 1. The zero-order valence-electron chi connectivity index (χ0n) is 21.7. The van der Waals surface area contributed by atoms with Crippen LogP contribution in [0.3, 0.4) is 0 Å². The molecule has 0 aliphatic carbocycles. The first-order chi connectivity index (χ1) is 15.9. The third kappa shape index (κ3) is 6.38. The molecule has 2 aromatic rings. The maximum atomic E-state index is 13.1. The van der Waals surface area contributed by atoms with Crippen molar-refractivity contribution in [2.75, 3.05) is 45.2 Å². The van der Waals surface area contributed by atoms with E-state index >= 15 is 0 Å². The molecule has 1 aliphatic heterocycles. The average molecular weight is 466 g/mol. The largest absolute Gasteiger partial charge is 0.483 e. The summed E-state index contributed by atoms with van der Waals surface area (Å²) in [5.41, 5.74) is 3.21. The second-order valence-electron chi connectivity index (χ2n) is 11.2. The number of carbonyl (C=O) groups excluding carboxylic acids is 2. The van der Waals surface area contributed by atoms with Crippen molar-refractivity contribution in [3.05, 3.63) is 59.2 Å². The predicted octanol–water partition coefficient (Wildman–Crippen LogP) is 4.69. The van der Waals surface area contributed by atoms with Crippen molar-refractivity contribution >= 4 is 17.5 Å². The lowest BCUT2D eigenvalue weighted by Gasteiger charge is -2.32. The monoisotopic (exact) mass is 465 g/mol. The number of benzene rings is 2. The minimum absolute atomic E-state index is 0.0237. The zero-order valence-corrected chi connectivity index (χ0v) is 21.7. The van der Waals surface area contributed by atoms with Gasteiger partial charge in [-0.3, -0.25) is 9.59 Å². The molecule has 1 heterocycles. The van der Waals surface area contributed by atoms with E-state index in [9.17, 15) is 9.59 Å². The fraction of sp³-hybridized carbons (Fsp3) is 0.500. The molecule has 1 saturated heterocycles. The predicted molar refractivity (Wildman–Crippen MR) is 138 cm³/mol. The third-order valence-electron chi connectivity index (χ3n) is 6.23. The Kier molecular flexibility index (Phi) is 7.71. The summed E-state index contributed by atoms with van der Waals surface area (Å²) in [6.45, 7) is 15.9. The number of ether oxygens (including phenoxy) is 1. The Balaban J connectivity index is 1.71. The molecule has 1 aliphatic rings. The van der Waals surface area contributed by atoms with E-state index in [2.05, 4.69) is 70.9 Å². The standard InChI is InChI=1S/C28H39N3O3/c1-27(2,3)20-12-13-24(22(18-20)28(4,5)6)34-19-25(32)29-23-11-9-8-10-21(23)26(33)31-16-14-30(7)15-17-31/h8-13,18H,14-17,19H2,1-7H3,(H,29,32). The summed E-state index contributed by atoms with van der Waals surface area (Å²) in [6.07, 6.45) is 0. The third-order valence-corrected chi connectivity index (χ3v) is 6.23. The van der Waals surface area contributed by atoms with Crippen molar-refractivity contribution in [2.45, 2.75) is 52.4 Å². The van der Waals surface area contributed by atoms with Crippen molar-refractivity contribution in [3.8, 4) is 5.75 Å². The van der Waals surface area contributed by atoms with Gasteiger partial charge < -0.3 is 19.9 Å². The highest BCUT2D eigenvalue weighted by molar-refractivity contribution is 6.04. The molecule has 184 valence electrons. The van der Waals surface area contributed by atoms with Crippen molar-refractivity contribution in [1.82, 2.24) is 9.80 Å². The van der Waals surface area contributed by atoms with E-state index < -0.39 is 0 Å². The Hall–Kier alpha value is -2.86. The Morgan fingerprint density at radius 3 is 2.18 bits per heavy atom. The van der Waals surface area contributed by atoms with Crippen LogP contribution in [0, 0.1) is 0 Å². The van der Waals surface area contributed by atoms with Gasteiger partial charge in [0.05, 0.1) is 11.3 Å². The number of piperazine rings is 1. The summed E-state index contributed by atoms with van der Waals surface area (Å²) in [5.74, 6) is 0.355. The van der Waals surface area contributed by atoms with Gasteiger partial charge in [0.15, 0.2) is 6.61 Å². The molecule has 1 N–H and O–H groups in total. The lowest BCUT2D eigenvalue weighted by molar-refractivity contribution is -0.118. The van der Waals surface area contributed by atoms with Crippen LogP contribution in [-0.4, -0.2) is 61.4 Å². The number of rotatable bonds is 5. The van der Waals surface area contributed by atoms with Gasteiger partial charge in [0, 0.05) is 26.2 Å². The van der Waals surface area contributed by atoms with Crippen LogP contribution in [0.1, 0.15) is 63.0 Å². The number of anilines is 1. The molecule has 0 saturated carbocycles. The quantitative estimate of drug-likeness (QED) is 0.696. The van der Waals surface area contributed by atoms with E-state index in [-0.39, 0.29) is 29.3 Å². The molecule has 34 heavy (non-hydrogen) atoms. The summed E-state index contributed by atoms with van der Waals surface area (Å²) >= 11 is 0. The molecule has 2 aromatic carbocycles. The van der Waals surface area contributed by atoms with Crippen LogP contribution in [0.2, 0.25) is 0 Å². The van der Waals surface area contributed by atoms with Crippen LogP contribution < -0.4 is 10.1 Å². The SMILES string of the molecule is CN1CCN(C(=O)c2ccccc2NC(=O)COc2ccc(C(C)(C)C)cc2C(C)(C)C)CC1. The molecule has 2 amide bonds. The Bertz CT molecular complexity index is 1030. The minimum Gasteiger partial charge on any atom is -0.483 e. The first-order valence-electron chi connectivity index (χ1n) is 12.0. The highest BCUT2D eigenvalue weighted by atomic mass is 16.5. The Labute approximate surface area is 204 Å². The summed E-state index contributed by atoms with van der Waals surface area (Å²) in [6, 6.07) is 13.4. The highest BCUT2D eigenvalue weighted by Crippen LogP contribution is 2.35. The molecule has 1 fully saturated rings. The number of carbonyl (C=O) groups is 2. The van der Waals surface area contributed by atoms with Gasteiger partial charge in [-0.05, 0) is 47.2 Å².